The zero-order valence-electron chi connectivity index (χ0n) is 11.8. The molecule has 1 amide bonds. The number of carbonyl (C=O) groups excluding carboxylic acids is 1. The van der Waals surface area contributed by atoms with Crippen LogP contribution in [0.4, 0.5) is 0 Å². The number of ether oxygens (including phenoxy) is 1. The van der Waals surface area contributed by atoms with Crippen LogP contribution in [0.5, 0.6) is 0 Å². The molecule has 2 fully saturated rings. The zero-order chi connectivity index (χ0) is 14.2. The second-order valence-corrected chi connectivity index (χ2v) is 6.23. The Bertz CT molecular complexity index is 380. The lowest BCUT2D eigenvalue weighted by Gasteiger charge is -2.17. The summed E-state index contributed by atoms with van der Waals surface area (Å²) < 4.78 is 5.58. The van der Waals surface area contributed by atoms with E-state index in [2.05, 4.69) is 12.2 Å². The number of rotatable bonds is 5. The van der Waals surface area contributed by atoms with Crippen molar-refractivity contribution in [1.82, 2.24) is 5.32 Å². The number of carboxylic acid groups (broad SMARTS) is 1. The standard InChI is InChI=1S/C14H23NO4/c1-4-9-8(5-6-19-9)7-15-12(16)10-11(13(17)18)14(10,2)3/h8-11H,4-7H2,1-3H3,(H,15,16)(H,17,18)/t8?,9?,10-,11+/m1/s1. The summed E-state index contributed by atoms with van der Waals surface area (Å²) in [6, 6.07) is 0. The molecule has 2 aliphatic rings. The number of hydrogen-bond donors (Lipinski definition) is 2. The highest BCUT2D eigenvalue weighted by molar-refractivity contribution is 5.91. The van der Waals surface area contributed by atoms with Gasteiger partial charge in [0.2, 0.25) is 5.91 Å². The molecule has 2 N–H and O–H groups in total. The molecular formula is C14H23NO4. The molecule has 1 aliphatic carbocycles. The number of nitrogens with one attached hydrogen (secondary N) is 1. The van der Waals surface area contributed by atoms with Crippen molar-refractivity contribution < 1.29 is 19.4 Å². The van der Waals surface area contributed by atoms with E-state index < -0.39 is 23.2 Å². The molecule has 0 aromatic rings. The lowest BCUT2D eigenvalue weighted by Crippen LogP contribution is -2.34. The fourth-order valence-electron chi connectivity index (χ4n) is 3.31. The van der Waals surface area contributed by atoms with Crippen LogP contribution in [0, 0.1) is 23.2 Å². The van der Waals surface area contributed by atoms with Gasteiger partial charge in [-0.05, 0) is 18.3 Å². The Morgan fingerprint density at radius 2 is 2.05 bits per heavy atom. The summed E-state index contributed by atoms with van der Waals surface area (Å²) in [5.74, 6) is -1.58. The number of carboxylic acids is 1. The molecule has 1 heterocycles. The van der Waals surface area contributed by atoms with Crippen molar-refractivity contribution in [1.29, 1.82) is 0 Å². The fraction of sp³-hybridized carbons (Fsp3) is 0.857. The van der Waals surface area contributed by atoms with Gasteiger partial charge < -0.3 is 15.2 Å². The quantitative estimate of drug-likeness (QED) is 0.788. The Morgan fingerprint density at radius 3 is 2.58 bits per heavy atom. The van der Waals surface area contributed by atoms with Crippen LogP contribution in [0.15, 0.2) is 0 Å². The molecule has 0 aromatic carbocycles. The first kappa shape index (κ1) is 14.3. The van der Waals surface area contributed by atoms with Gasteiger partial charge in [0.05, 0.1) is 17.9 Å². The lowest BCUT2D eigenvalue weighted by atomic mass is 9.99. The van der Waals surface area contributed by atoms with E-state index in [-0.39, 0.29) is 12.0 Å². The van der Waals surface area contributed by atoms with E-state index in [1.807, 2.05) is 13.8 Å². The monoisotopic (exact) mass is 269 g/mol. The molecule has 0 bridgehead atoms. The molecule has 4 atom stereocenters. The molecule has 1 saturated heterocycles. The average molecular weight is 269 g/mol. The van der Waals surface area contributed by atoms with Crippen molar-refractivity contribution in [2.75, 3.05) is 13.2 Å². The minimum absolute atomic E-state index is 0.126. The topological polar surface area (TPSA) is 75.6 Å². The average Bonchev–Trinajstić information content (AvgIpc) is 2.72. The molecule has 1 saturated carbocycles. The van der Waals surface area contributed by atoms with Gasteiger partial charge in [0.25, 0.3) is 0 Å². The van der Waals surface area contributed by atoms with Crippen LogP contribution in [0.3, 0.4) is 0 Å². The molecule has 0 spiro atoms. The van der Waals surface area contributed by atoms with E-state index in [0.29, 0.717) is 12.5 Å². The van der Waals surface area contributed by atoms with Gasteiger partial charge in [-0.1, -0.05) is 20.8 Å². The Labute approximate surface area is 113 Å². The van der Waals surface area contributed by atoms with Gasteiger partial charge in [0, 0.05) is 19.1 Å². The smallest absolute Gasteiger partial charge is 0.307 e. The van der Waals surface area contributed by atoms with E-state index >= 15 is 0 Å². The third-order valence-corrected chi connectivity index (χ3v) is 4.66. The predicted molar refractivity (Wildman–Crippen MR) is 69.5 cm³/mol. The van der Waals surface area contributed by atoms with Crippen molar-refractivity contribution in [3.63, 3.8) is 0 Å². The molecule has 19 heavy (non-hydrogen) atoms. The van der Waals surface area contributed by atoms with E-state index in [1.165, 1.54) is 0 Å². The first-order chi connectivity index (χ1) is 8.89. The Morgan fingerprint density at radius 1 is 1.37 bits per heavy atom. The Kier molecular flexibility index (Phi) is 3.85. The van der Waals surface area contributed by atoms with Crippen molar-refractivity contribution in [2.45, 2.75) is 39.7 Å². The van der Waals surface area contributed by atoms with E-state index in [9.17, 15) is 9.59 Å². The van der Waals surface area contributed by atoms with Crippen LogP contribution < -0.4 is 5.32 Å². The van der Waals surface area contributed by atoms with Gasteiger partial charge in [-0.25, -0.2) is 0 Å². The highest BCUT2D eigenvalue weighted by Crippen LogP contribution is 2.58. The maximum atomic E-state index is 12.1. The molecule has 2 unspecified atom stereocenters. The molecular weight excluding hydrogens is 246 g/mol. The summed E-state index contributed by atoms with van der Waals surface area (Å²) in [4.78, 5) is 23.1. The van der Waals surface area contributed by atoms with Crippen molar-refractivity contribution >= 4 is 11.9 Å². The van der Waals surface area contributed by atoms with Gasteiger partial charge in [-0.2, -0.15) is 0 Å². The SMILES string of the molecule is CCC1OCCC1CNC(=O)[C@H]1[C@@H](C(=O)O)C1(C)C. The molecule has 1 aliphatic heterocycles. The zero-order valence-corrected chi connectivity index (χ0v) is 11.8. The van der Waals surface area contributed by atoms with Crippen molar-refractivity contribution in [3.05, 3.63) is 0 Å². The van der Waals surface area contributed by atoms with Crippen LogP contribution in [0.1, 0.15) is 33.6 Å². The van der Waals surface area contributed by atoms with Crippen molar-refractivity contribution in [2.24, 2.45) is 23.2 Å². The Hall–Kier alpha value is -1.10. The minimum Gasteiger partial charge on any atom is -0.481 e. The van der Waals surface area contributed by atoms with Gasteiger partial charge >= 0.3 is 5.97 Å². The van der Waals surface area contributed by atoms with Gasteiger partial charge in [-0.15, -0.1) is 0 Å². The van der Waals surface area contributed by atoms with Crippen LogP contribution >= 0.6 is 0 Å². The molecule has 0 aromatic heterocycles. The molecule has 5 heteroatoms. The van der Waals surface area contributed by atoms with Gasteiger partial charge in [0.15, 0.2) is 0 Å². The molecule has 0 radical (unpaired) electrons. The first-order valence-electron chi connectivity index (χ1n) is 7.01. The predicted octanol–water partition coefficient (Wildman–Crippen LogP) is 1.27. The summed E-state index contributed by atoms with van der Waals surface area (Å²) in [5.41, 5.74) is -0.424. The van der Waals surface area contributed by atoms with E-state index in [4.69, 9.17) is 9.84 Å². The second-order valence-electron chi connectivity index (χ2n) is 6.23. The van der Waals surface area contributed by atoms with Gasteiger partial charge in [0.1, 0.15) is 0 Å². The summed E-state index contributed by atoms with van der Waals surface area (Å²) in [5, 5.41) is 12.0. The largest absolute Gasteiger partial charge is 0.481 e. The Balaban J connectivity index is 1.84. The highest BCUT2D eigenvalue weighted by Gasteiger charge is 2.65. The lowest BCUT2D eigenvalue weighted by molar-refractivity contribution is -0.140. The normalized spacial score (nSPS) is 35.9. The summed E-state index contributed by atoms with van der Waals surface area (Å²) >= 11 is 0. The molecule has 108 valence electrons. The first-order valence-corrected chi connectivity index (χ1v) is 7.01. The van der Waals surface area contributed by atoms with Crippen LogP contribution in [-0.4, -0.2) is 36.2 Å². The maximum Gasteiger partial charge on any atom is 0.307 e. The van der Waals surface area contributed by atoms with E-state index in [1.54, 1.807) is 0 Å². The summed E-state index contributed by atoms with van der Waals surface area (Å²) in [7, 11) is 0. The maximum absolute atomic E-state index is 12.1. The summed E-state index contributed by atoms with van der Waals surface area (Å²) in [6.45, 7) is 7.10. The third-order valence-electron chi connectivity index (χ3n) is 4.66. The minimum atomic E-state index is -0.874. The number of carbonyl (C=O) groups is 2. The molecule has 5 nitrogen and oxygen atoms in total. The van der Waals surface area contributed by atoms with Crippen LogP contribution in [0.25, 0.3) is 0 Å². The summed E-state index contributed by atoms with van der Waals surface area (Å²) in [6.07, 6.45) is 2.14. The molecule has 2 rings (SSSR count). The van der Waals surface area contributed by atoms with Crippen LogP contribution in [0.2, 0.25) is 0 Å². The number of amides is 1. The van der Waals surface area contributed by atoms with E-state index in [0.717, 1.165) is 19.4 Å². The highest BCUT2D eigenvalue weighted by atomic mass is 16.5. The van der Waals surface area contributed by atoms with Crippen LogP contribution in [-0.2, 0) is 14.3 Å². The number of hydrogen-bond acceptors (Lipinski definition) is 3. The van der Waals surface area contributed by atoms with Crippen molar-refractivity contribution in [3.8, 4) is 0 Å². The second kappa shape index (κ2) is 5.12. The fourth-order valence-corrected chi connectivity index (χ4v) is 3.31. The third kappa shape index (κ3) is 2.61. The van der Waals surface area contributed by atoms with Gasteiger partial charge in [-0.3, -0.25) is 9.59 Å². The number of aliphatic carboxylic acids is 1.